The van der Waals surface area contributed by atoms with Crippen LogP contribution in [0.4, 0.5) is 4.39 Å². The molecule has 1 N–H and O–H groups in total. The molecule has 1 rings (SSSR count). The van der Waals surface area contributed by atoms with Gasteiger partial charge < -0.3 is 5.11 Å². The predicted octanol–water partition coefficient (Wildman–Crippen LogP) is 1.05. The number of likely N-dealkylation sites (tertiary alicyclic amines) is 1. The number of rotatable bonds is 2. The van der Waals surface area contributed by atoms with Crippen LogP contribution in [-0.2, 0) is 0 Å². The van der Waals surface area contributed by atoms with Gasteiger partial charge in [-0.25, -0.2) is 4.39 Å². The SMILES string of the molecule is CC(C)CN1CC(O)CC(F)C1. The van der Waals surface area contributed by atoms with Crippen LogP contribution < -0.4 is 0 Å². The van der Waals surface area contributed by atoms with Crippen molar-refractivity contribution in [1.82, 2.24) is 4.90 Å². The first kappa shape index (κ1) is 9.93. The van der Waals surface area contributed by atoms with E-state index < -0.39 is 12.3 Å². The molecule has 1 aliphatic heterocycles. The van der Waals surface area contributed by atoms with Gasteiger partial charge in [0.05, 0.1) is 6.10 Å². The van der Waals surface area contributed by atoms with E-state index in [1.165, 1.54) is 0 Å². The molecular weight excluding hydrogens is 157 g/mol. The molecule has 2 nitrogen and oxygen atoms in total. The van der Waals surface area contributed by atoms with Crippen LogP contribution in [0.1, 0.15) is 20.3 Å². The fraction of sp³-hybridized carbons (Fsp3) is 1.00. The Kier molecular flexibility index (Phi) is 3.47. The maximum Gasteiger partial charge on any atom is 0.115 e. The molecule has 2 unspecified atom stereocenters. The molecule has 0 bridgehead atoms. The van der Waals surface area contributed by atoms with Crippen LogP contribution in [0, 0.1) is 5.92 Å². The molecule has 0 saturated carbocycles. The number of nitrogens with zero attached hydrogens (tertiary/aromatic N) is 1. The van der Waals surface area contributed by atoms with Crippen LogP contribution in [-0.4, -0.2) is 41.9 Å². The molecule has 0 radical (unpaired) electrons. The minimum Gasteiger partial charge on any atom is -0.392 e. The number of hydrogen-bond donors (Lipinski definition) is 1. The highest BCUT2D eigenvalue weighted by molar-refractivity contribution is 4.78. The zero-order valence-electron chi connectivity index (χ0n) is 7.83. The van der Waals surface area contributed by atoms with E-state index in [1.54, 1.807) is 0 Å². The first-order valence-electron chi connectivity index (χ1n) is 4.62. The van der Waals surface area contributed by atoms with Crippen molar-refractivity contribution in [2.24, 2.45) is 5.92 Å². The Hall–Kier alpha value is -0.150. The predicted molar refractivity (Wildman–Crippen MR) is 46.8 cm³/mol. The third kappa shape index (κ3) is 3.07. The van der Waals surface area contributed by atoms with E-state index >= 15 is 0 Å². The van der Waals surface area contributed by atoms with Gasteiger partial charge in [-0.1, -0.05) is 13.8 Å². The summed E-state index contributed by atoms with van der Waals surface area (Å²) in [4.78, 5) is 2.00. The van der Waals surface area contributed by atoms with Gasteiger partial charge in [0.15, 0.2) is 0 Å². The standard InChI is InChI=1S/C9H18FNO/c1-7(2)4-11-5-8(10)3-9(12)6-11/h7-9,12H,3-6H2,1-2H3. The third-order valence-corrected chi connectivity index (χ3v) is 2.08. The molecule has 2 atom stereocenters. The number of alkyl halides is 1. The Balaban J connectivity index is 2.34. The summed E-state index contributed by atoms with van der Waals surface area (Å²) in [5.41, 5.74) is 0. The fourth-order valence-corrected chi connectivity index (χ4v) is 1.76. The third-order valence-electron chi connectivity index (χ3n) is 2.08. The van der Waals surface area contributed by atoms with Gasteiger partial charge in [-0.2, -0.15) is 0 Å². The van der Waals surface area contributed by atoms with Crippen LogP contribution in [0.5, 0.6) is 0 Å². The van der Waals surface area contributed by atoms with Gasteiger partial charge in [0.1, 0.15) is 6.17 Å². The molecular formula is C9H18FNO. The van der Waals surface area contributed by atoms with Crippen molar-refractivity contribution < 1.29 is 9.50 Å². The van der Waals surface area contributed by atoms with E-state index in [0.717, 1.165) is 6.54 Å². The Bertz CT molecular complexity index is 128. The molecule has 0 aromatic carbocycles. The summed E-state index contributed by atoms with van der Waals surface area (Å²) in [6.07, 6.45) is -0.991. The molecule has 1 fully saturated rings. The Morgan fingerprint density at radius 1 is 1.50 bits per heavy atom. The zero-order valence-corrected chi connectivity index (χ0v) is 7.83. The fourth-order valence-electron chi connectivity index (χ4n) is 1.76. The molecule has 0 amide bonds. The molecule has 1 saturated heterocycles. The largest absolute Gasteiger partial charge is 0.392 e. The smallest absolute Gasteiger partial charge is 0.115 e. The summed E-state index contributed by atoms with van der Waals surface area (Å²) in [6, 6.07) is 0. The highest BCUT2D eigenvalue weighted by Crippen LogP contribution is 2.14. The highest BCUT2D eigenvalue weighted by Gasteiger charge is 2.25. The minimum absolute atomic E-state index is 0.314. The lowest BCUT2D eigenvalue weighted by atomic mass is 10.1. The normalized spacial score (nSPS) is 32.8. The highest BCUT2D eigenvalue weighted by atomic mass is 19.1. The molecule has 0 aliphatic carbocycles. The number of β-amino-alcohol motifs (C(OH)–C–C–N with tert-alkyl or cyclic N) is 1. The first-order valence-corrected chi connectivity index (χ1v) is 4.62. The number of halogens is 1. The summed E-state index contributed by atoms with van der Waals surface area (Å²) in [6.45, 7) is 6.23. The van der Waals surface area contributed by atoms with Gasteiger partial charge in [0, 0.05) is 26.1 Å². The number of hydrogen-bond acceptors (Lipinski definition) is 2. The van der Waals surface area contributed by atoms with E-state index in [4.69, 9.17) is 0 Å². The summed E-state index contributed by atoms with van der Waals surface area (Å²) in [5, 5.41) is 9.28. The van der Waals surface area contributed by atoms with Crippen molar-refractivity contribution in [2.75, 3.05) is 19.6 Å². The number of aliphatic hydroxyl groups excluding tert-OH is 1. The lowest BCUT2D eigenvalue weighted by Crippen LogP contribution is -2.45. The second kappa shape index (κ2) is 4.19. The van der Waals surface area contributed by atoms with Crippen LogP contribution in [0.15, 0.2) is 0 Å². The van der Waals surface area contributed by atoms with Gasteiger partial charge in [-0.05, 0) is 5.92 Å². The molecule has 0 aromatic rings. The Labute approximate surface area is 73.4 Å². The van der Waals surface area contributed by atoms with Crippen molar-refractivity contribution >= 4 is 0 Å². The van der Waals surface area contributed by atoms with Gasteiger partial charge in [-0.15, -0.1) is 0 Å². The molecule has 3 heteroatoms. The second-order valence-corrected chi connectivity index (χ2v) is 4.10. The van der Waals surface area contributed by atoms with Gasteiger partial charge in [0.25, 0.3) is 0 Å². The second-order valence-electron chi connectivity index (χ2n) is 4.10. The van der Waals surface area contributed by atoms with Crippen LogP contribution in [0.3, 0.4) is 0 Å². The van der Waals surface area contributed by atoms with E-state index in [1.807, 2.05) is 4.90 Å². The van der Waals surface area contributed by atoms with Crippen molar-refractivity contribution in [3.63, 3.8) is 0 Å². The lowest BCUT2D eigenvalue weighted by Gasteiger charge is -2.33. The van der Waals surface area contributed by atoms with Crippen LogP contribution in [0.25, 0.3) is 0 Å². The summed E-state index contributed by atoms with van der Waals surface area (Å²) in [7, 11) is 0. The molecule has 0 aromatic heterocycles. The van der Waals surface area contributed by atoms with Crippen molar-refractivity contribution in [3.05, 3.63) is 0 Å². The monoisotopic (exact) mass is 175 g/mol. The average molecular weight is 175 g/mol. The molecule has 12 heavy (non-hydrogen) atoms. The number of aliphatic hydroxyl groups is 1. The topological polar surface area (TPSA) is 23.5 Å². The van der Waals surface area contributed by atoms with Crippen LogP contribution >= 0.6 is 0 Å². The molecule has 72 valence electrons. The Morgan fingerprint density at radius 2 is 2.17 bits per heavy atom. The van der Waals surface area contributed by atoms with E-state index in [0.29, 0.717) is 25.4 Å². The Morgan fingerprint density at radius 3 is 2.67 bits per heavy atom. The minimum atomic E-state index is -0.840. The van der Waals surface area contributed by atoms with E-state index in [-0.39, 0.29) is 0 Å². The summed E-state index contributed by atoms with van der Waals surface area (Å²) >= 11 is 0. The maximum absolute atomic E-state index is 12.9. The quantitative estimate of drug-likeness (QED) is 0.678. The first-order chi connectivity index (χ1) is 5.58. The average Bonchev–Trinajstić information content (AvgIpc) is 1.81. The lowest BCUT2D eigenvalue weighted by molar-refractivity contribution is 0.0216. The number of piperidine rings is 1. The van der Waals surface area contributed by atoms with Crippen LogP contribution in [0.2, 0.25) is 0 Å². The van der Waals surface area contributed by atoms with Crippen molar-refractivity contribution in [2.45, 2.75) is 32.5 Å². The summed E-state index contributed by atoms with van der Waals surface area (Å²) in [5.74, 6) is 0.544. The maximum atomic E-state index is 12.9. The molecule has 1 aliphatic rings. The van der Waals surface area contributed by atoms with Crippen molar-refractivity contribution in [1.29, 1.82) is 0 Å². The van der Waals surface area contributed by atoms with Gasteiger partial charge in [0.2, 0.25) is 0 Å². The van der Waals surface area contributed by atoms with Gasteiger partial charge >= 0.3 is 0 Å². The zero-order chi connectivity index (χ0) is 9.14. The summed E-state index contributed by atoms with van der Waals surface area (Å²) < 4.78 is 12.9. The molecule has 0 spiro atoms. The molecule has 1 heterocycles. The van der Waals surface area contributed by atoms with Gasteiger partial charge in [-0.3, -0.25) is 4.90 Å². The van der Waals surface area contributed by atoms with E-state index in [9.17, 15) is 9.50 Å². The van der Waals surface area contributed by atoms with Crippen molar-refractivity contribution in [3.8, 4) is 0 Å². The van der Waals surface area contributed by atoms with E-state index in [2.05, 4.69) is 13.8 Å².